The van der Waals surface area contributed by atoms with Crippen LogP contribution in [-0.4, -0.2) is 25.0 Å². The second-order valence-corrected chi connectivity index (χ2v) is 6.87. The van der Waals surface area contributed by atoms with E-state index >= 15 is 0 Å². The number of hydrogen-bond donors (Lipinski definition) is 2. The maximum absolute atomic E-state index is 13.8. The summed E-state index contributed by atoms with van der Waals surface area (Å²) < 4.78 is 40.2. The molecule has 0 aliphatic carbocycles. The van der Waals surface area contributed by atoms with E-state index in [2.05, 4.69) is 4.72 Å². The van der Waals surface area contributed by atoms with Gasteiger partial charge in [-0.25, -0.2) is 22.3 Å². The van der Waals surface area contributed by atoms with Gasteiger partial charge in [0.15, 0.2) is 0 Å². The van der Waals surface area contributed by atoms with Crippen LogP contribution >= 0.6 is 0 Å². The molecule has 5 nitrogen and oxygen atoms in total. The molecule has 0 aliphatic heterocycles. The van der Waals surface area contributed by atoms with Crippen molar-refractivity contribution in [3.05, 3.63) is 35.7 Å². The fourth-order valence-corrected chi connectivity index (χ4v) is 2.94. The van der Waals surface area contributed by atoms with Crippen molar-refractivity contribution in [1.29, 1.82) is 0 Å². The molecule has 0 aromatic heterocycles. The average molecular weight is 301 g/mol. The highest BCUT2D eigenvalue weighted by Crippen LogP contribution is 2.18. The van der Waals surface area contributed by atoms with E-state index in [0.717, 1.165) is 18.2 Å². The zero-order valence-corrected chi connectivity index (χ0v) is 12.2. The maximum Gasteiger partial charge on any atom is 0.328 e. The summed E-state index contributed by atoms with van der Waals surface area (Å²) in [5.41, 5.74) is -0.465. The molecule has 1 aromatic rings. The lowest BCUT2D eigenvalue weighted by molar-refractivity contribution is -0.131. The normalized spacial score (nSPS) is 12.8. The van der Waals surface area contributed by atoms with Crippen molar-refractivity contribution in [2.45, 2.75) is 31.2 Å². The molecule has 0 fully saturated rings. The first kappa shape index (κ1) is 16.3. The minimum atomic E-state index is -3.96. The summed E-state index contributed by atoms with van der Waals surface area (Å²) in [6.45, 7) is 4.94. The van der Waals surface area contributed by atoms with Gasteiger partial charge in [0.05, 0.1) is 0 Å². The van der Waals surface area contributed by atoms with Crippen molar-refractivity contribution < 1.29 is 22.7 Å². The topological polar surface area (TPSA) is 83.5 Å². The van der Waals surface area contributed by atoms with Gasteiger partial charge in [-0.1, -0.05) is 6.07 Å². The van der Waals surface area contributed by atoms with E-state index < -0.39 is 32.2 Å². The fraction of sp³-hybridized carbons (Fsp3) is 0.308. The van der Waals surface area contributed by atoms with Crippen molar-refractivity contribution in [3.63, 3.8) is 0 Å². The Morgan fingerprint density at radius 3 is 2.40 bits per heavy atom. The summed E-state index contributed by atoms with van der Waals surface area (Å²) in [4.78, 5) is 9.88. The zero-order valence-electron chi connectivity index (χ0n) is 11.3. The predicted octanol–water partition coefficient (Wildman–Crippen LogP) is 2.00. The van der Waals surface area contributed by atoms with Gasteiger partial charge >= 0.3 is 5.97 Å². The molecule has 1 rings (SSSR count). The van der Waals surface area contributed by atoms with Gasteiger partial charge in [0.1, 0.15) is 10.7 Å². The minimum absolute atomic E-state index is 0.264. The quantitative estimate of drug-likeness (QED) is 0.833. The molecule has 0 radical (unpaired) electrons. The van der Waals surface area contributed by atoms with Gasteiger partial charge in [-0.05, 0) is 44.5 Å². The van der Waals surface area contributed by atoms with Crippen LogP contribution in [0.2, 0.25) is 0 Å². The van der Waals surface area contributed by atoms with Crippen molar-refractivity contribution in [1.82, 2.24) is 4.72 Å². The van der Waals surface area contributed by atoms with E-state index in [0.29, 0.717) is 0 Å². The van der Waals surface area contributed by atoms with Gasteiger partial charge in [-0.15, -0.1) is 0 Å². The van der Waals surface area contributed by atoms with Crippen LogP contribution in [0.15, 0.2) is 29.2 Å². The summed E-state index contributed by atoms with van der Waals surface area (Å²) in [5.74, 6) is -2.11. The monoisotopic (exact) mass is 301 g/mol. The number of benzene rings is 1. The second kappa shape index (κ2) is 5.72. The molecule has 20 heavy (non-hydrogen) atoms. The van der Waals surface area contributed by atoms with Gasteiger partial charge in [-0.2, -0.15) is 0 Å². The molecule has 0 aliphatic rings. The number of halogens is 1. The van der Waals surface area contributed by atoms with Crippen molar-refractivity contribution in [3.8, 4) is 0 Å². The van der Waals surface area contributed by atoms with Crippen molar-refractivity contribution in [2.24, 2.45) is 0 Å². The van der Waals surface area contributed by atoms with Crippen molar-refractivity contribution >= 4 is 22.1 Å². The number of carboxylic acids is 1. The van der Waals surface area contributed by atoms with Crippen LogP contribution in [0.25, 0.3) is 6.08 Å². The lowest BCUT2D eigenvalue weighted by Crippen LogP contribution is -2.40. The molecule has 0 spiro atoms. The first-order chi connectivity index (χ1) is 9.01. The van der Waals surface area contributed by atoms with E-state index in [1.54, 1.807) is 20.8 Å². The van der Waals surface area contributed by atoms with Crippen molar-refractivity contribution in [2.75, 3.05) is 0 Å². The standard InChI is InChI=1S/C13H16FNO4S/c1-13(2,3)15-20(18,19)11-6-4-9(8-10(11)14)5-7-12(16)17/h4-8,15H,1-3H3,(H,16,17)/b7-5+. The average Bonchev–Trinajstić information content (AvgIpc) is 2.22. The highest BCUT2D eigenvalue weighted by atomic mass is 32.2. The number of carbonyl (C=O) groups is 1. The molecule has 1 aromatic carbocycles. The van der Waals surface area contributed by atoms with Gasteiger partial charge < -0.3 is 5.11 Å². The van der Waals surface area contributed by atoms with Crippen LogP contribution in [0.1, 0.15) is 26.3 Å². The van der Waals surface area contributed by atoms with Crippen LogP contribution in [0.4, 0.5) is 4.39 Å². The molecule has 110 valence electrons. The Balaban J connectivity index is 3.14. The van der Waals surface area contributed by atoms with E-state index in [4.69, 9.17) is 5.11 Å². The Morgan fingerprint density at radius 1 is 1.35 bits per heavy atom. The smallest absolute Gasteiger partial charge is 0.328 e. The van der Waals surface area contributed by atoms with E-state index in [1.807, 2.05) is 0 Å². The molecular weight excluding hydrogens is 285 g/mol. The van der Waals surface area contributed by atoms with E-state index in [-0.39, 0.29) is 5.56 Å². The lowest BCUT2D eigenvalue weighted by Gasteiger charge is -2.20. The first-order valence-corrected chi connectivity index (χ1v) is 7.24. The fourth-order valence-electron chi connectivity index (χ4n) is 1.46. The zero-order chi connectivity index (χ0) is 15.6. The Labute approximate surface area is 117 Å². The SMILES string of the molecule is CC(C)(C)NS(=O)(=O)c1ccc(/C=C/C(=O)O)cc1F. The van der Waals surface area contributed by atoms with Gasteiger partial charge in [0, 0.05) is 11.6 Å². The van der Waals surface area contributed by atoms with Crippen LogP contribution < -0.4 is 4.72 Å². The first-order valence-electron chi connectivity index (χ1n) is 5.76. The molecule has 2 N–H and O–H groups in total. The number of carboxylic acid groups (broad SMARTS) is 1. The number of sulfonamides is 1. The molecule has 0 atom stereocenters. The summed E-state index contributed by atoms with van der Waals surface area (Å²) in [6.07, 6.45) is 2.02. The summed E-state index contributed by atoms with van der Waals surface area (Å²) in [7, 11) is -3.96. The molecule has 0 bridgehead atoms. The molecule has 7 heteroatoms. The molecule has 0 amide bonds. The third kappa shape index (κ3) is 4.75. The predicted molar refractivity (Wildman–Crippen MR) is 73.1 cm³/mol. The van der Waals surface area contributed by atoms with Gasteiger partial charge in [0.2, 0.25) is 10.0 Å². The van der Waals surface area contributed by atoms with E-state index in [1.165, 1.54) is 12.1 Å². The molecule has 0 saturated heterocycles. The van der Waals surface area contributed by atoms with Crippen LogP contribution in [0.5, 0.6) is 0 Å². The molecule has 0 heterocycles. The maximum atomic E-state index is 13.8. The van der Waals surface area contributed by atoms with Crippen LogP contribution in [0, 0.1) is 5.82 Å². The Morgan fingerprint density at radius 2 is 1.95 bits per heavy atom. The number of aliphatic carboxylic acids is 1. The number of hydrogen-bond acceptors (Lipinski definition) is 3. The summed E-state index contributed by atoms with van der Waals surface area (Å²) >= 11 is 0. The lowest BCUT2D eigenvalue weighted by atomic mass is 10.1. The Bertz CT molecular complexity index is 645. The third-order valence-electron chi connectivity index (χ3n) is 2.10. The van der Waals surface area contributed by atoms with Gasteiger partial charge in [0.25, 0.3) is 0 Å². The largest absolute Gasteiger partial charge is 0.478 e. The van der Waals surface area contributed by atoms with Crippen LogP contribution in [-0.2, 0) is 14.8 Å². The Hall–Kier alpha value is -1.73. The number of nitrogens with one attached hydrogen (secondary N) is 1. The second-order valence-electron chi connectivity index (χ2n) is 5.22. The highest BCUT2D eigenvalue weighted by Gasteiger charge is 2.24. The summed E-state index contributed by atoms with van der Waals surface area (Å²) in [6, 6.07) is 3.40. The third-order valence-corrected chi connectivity index (χ3v) is 3.90. The van der Waals surface area contributed by atoms with Gasteiger partial charge in [-0.3, -0.25) is 0 Å². The summed E-state index contributed by atoms with van der Waals surface area (Å²) in [5, 5.41) is 8.47. The highest BCUT2D eigenvalue weighted by molar-refractivity contribution is 7.89. The van der Waals surface area contributed by atoms with Crippen LogP contribution in [0.3, 0.4) is 0 Å². The number of rotatable bonds is 4. The van der Waals surface area contributed by atoms with E-state index in [9.17, 15) is 17.6 Å². The Kier molecular flexibility index (Phi) is 4.67. The molecular formula is C13H16FNO4S. The molecule has 0 unspecified atom stereocenters. The molecule has 0 saturated carbocycles. The minimum Gasteiger partial charge on any atom is -0.478 e.